The maximum atomic E-state index is 12.6. The number of rotatable bonds is 7. The number of aliphatic imine (C=N–C) groups is 2. The summed E-state index contributed by atoms with van der Waals surface area (Å²) in [6.07, 6.45) is 14.6. The van der Waals surface area contributed by atoms with Gasteiger partial charge >= 0.3 is 0 Å². The van der Waals surface area contributed by atoms with E-state index in [4.69, 9.17) is 0 Å². The molecule has 8 nitrogen and oxygen atoms in total. The summed E-state index contributed by atoms with van der Waals surface area (Å²) in [4.78, 5) is 38.2. The van der Waals surface area contributed by atoms with Gasteiger partial charge in [0.1, 0.15) is 23.2 Å². The minimum atomic E-state index is -0.421. The number of carbonyl (C=O) groups is 1. The molecule has 3 heterocycles. The van der Waals surface area contributed by atoms with Crippen LogP contribution in [-0.4, -0.2) is 52.5 Å². The molecule has 0 saturated heterocycles. The zero-order valence-corrected chi connectivity index (χ0v) is 18.5. The van der Waals surface area contributed by atoms with E-state index < -0.39 is 5.91 Å². The average Bonchev–Trinajstić information content (AvgIpc) is 3.25. The molecule has 3 aliphatic rings. The summed E-state index contributed by atoms with van der Waals surface area (Å²) in [7, 11) is 0. The fourth-order valence-electron chi connectivity index (χ4n) is 4.61. The topological polar surface area (TPSA) is 100 Å². The van der Waals surface area contributed by atoms with Crippen molar-refractivity contribution < 1.29 is 4.79 Å². The fraction of sp³-hybridized carbons (Fsp3) is 0.400. The fourth-order valence-corrected chi connectivity index (χ4v) is 4.61. The van der Waals surface area contributed by atoms with Crippen molar-refractivity contribution in [3.05, 3.63) is 70.3 Å². The van der Waals surface area contributed by atoms with Crippen LogP contribution in [0.15, 0.2) is 69.0 Å². The molecule has 2 N–H and O–H groups in total. The van der Waals surface area contributed by atoms with Gasteiger partial charge in [0.15, 0.2) is 0 Å². The summed E-state index contributed by atoms with van der Waals surface area (Å²) in [6, 6.07) is 6.35. The highest BCUT2D eigenvalue weighted by Gasteiger charge is 2.23. The number of fused-ring (bicyclic) bond motifs is 2. The Kier molecular flexibility index (Phi) is 6.26. The molecule has 1 amide bonds. The molecule has 8 heteroatoms. The Labute approximate surface area is 192 Å². The van der Waals surface area contributed by atoms with Crippen LogP contribution >= 0.6 is 0 Å². The second-order valence-electron chi connectivity index (χ2n) is 8.83. The molecule has 0 spiro atoms. The highest BCUT2D eigenvalue weighted by molar-refractivity contribution is 6.14. The second kappa shape index (κ2) is 9.62. The van der Waals surface area contributed by atoms with Crippen molar-refractivity contribution in [3.63, 3.8) is 0 Å². The van der Waals surface area contributed by atoms with Crippen LogP contribution in [0.3, 0.4) is 0 Å². The van der Waals surface area contributed by atoms with Crippen LogP contribution in [0.2, 0.25) is 0 Å². The van der Waals surface area contributed by atoms with E-state index in [2.05, 4.69) is 37.8 Å². The van der Waals surface area contributed by atoms with Crippen LogP contribution in [0.1, 0.15) is 42.6 Å². The maximum absolute atomic E-state index is 12.6. The van der Waals surface area contributed by atoms with Crippen molar-refractivity contribution in [1.29, 1.82) is 0 Å². The predicted molar refractivity (Wildman–Crippen MR) is 129 cm³/mol. The van der Waals surface area contributed by atoms with Gasteiger partial charge in [-0.15, -0.1) is 0 Å². The van der Waals surface area contributed by atoms with Crippen molar-refractivity contribution in [2.45, 2.75) is 38.1 Å². The van der Waals surface area contributed by atoms with Gasteiger partial charge in [0.2, 0.25) is 0 Å². The Morgan fingerprint density at radius 2 is 2.00 bits per heavy atom. The van der Waals surface area contributed by atoms with Gasteiger partial charge in [0, 0.05) is 18.8 Å². The third kappa shape index (κ3) is 5.01. The lowest BCUT2D eigenvalue weighted by molar-refractivity contribution is 0.0954. The molecule has 5 rings (SSSR count). The Hall–Kier alpha value is -3.39. The number of amides is 1. The summed E-state index contributed by atoms with van der Waals surface area (Å²) >= 11 is 0. The number of pyridine rings is 1. The first kappa shape index (κ1) is 21.5. The lowest BCUT2D eigenvalue weighted by atomic mass is 9.89. The van der Waals surface area contributed by atoms with Gasteiger partial charge in [-0.05, 0) is 55.2 Å². The van der Waals surface area contributed by atoms with E-state index in [1.54, 1.807) is 24.4 Å². The number of hydrogen-bond donors (Lipinski definition) is 2. The minimum Gasteiger partial charge on any atom is -0.343 e. The minimum absolute atomic E-state index is 0.0842. The molecule has 170 valence electrons. The van der Waals surface area contributed by atoms with E-state index in [0.717, 1.165) is 24.7 Å². The lowest BCUT2D eigenvalue weighted by Crippen LogP contribution is -2.30. The first-order valence-electron chi connectivity index (χ1n) is 11.7. The number of carbonyl (C=O) groups excluding carboxylic acids is 1. The van der Waals surface area contributed by atoms with Gasteiger partial charge in [0.25, 0.3) is 11.5 Å². The van der Waals surface area contributed by atoms with E-state index in [1.807, 2.05) is 6.08 Å². The second-order valence-corrected chi connectivity index (χ2v) is 8.83. The van der Waals surface area contributed by atoms with Crippen molar-refractivity contribution in [3.8, 4) is 0 Å². The lowest BCUT2D eigenvalue weighted by Gasteiger charge is -2.22. The van der Waals surface area contributed by atoms with E-state index in [9.17, 15) is 9.59 Å². The summed E-state index contributed by atoms with van der Waals surface area (Å²) in [5, 5.41) is 6.37. The molecule has 1 unspecified atom stereocenters. The first-order chi connectivity index (χ1) is 16.2. The Bertz CT molecular complexity index is 1230. The summed E-state index contributed by atoms with van der Waals surface area (Å²) in [5.41, 5.74) is 2.32. The maximum Gasteiger partial charge on any atom is 0.270 e. The quantitative estimate of drug-likeness (QED) is 0.684. The van der Waals surface area contributed by atoms with Crippen LogP contribution in [0, 0.1) is 5.92 Å². The third-order valence-electron chi connectivity index (χ3n) is 6.39. The first-order valence-corrected chi connectivity index (χ1v) is 11.7. The van der Waals surface area contributed by atoms with Crippen LogP contribution in [0.4, 0.5) is 0 Å². The third-order valence-corrected chi connectivity index (χ3v) is 6.39. The van der Waals surface area contributed by atoms with Gasteiger partial charge < -0.3 is 10.6 Å². The molecule has 0 bridgehead atoms. The van der Waals surface area contributed by atoms with Crippen LogP contribution in [0.5, 0.6) is 0 Å². The molecule has 0 radical (unpaired) electrons. The molecule has 2 aromatic rings. The van der Waals surface area contributed by atoms with E-state index in [1.165, 1.54) is 48.1 Å². The number of aromatic nitrogens is 2. The Balaban J connectivity index is 1.16. The van der Waals surface area contributed by atoms with Crippen molar-refractivity contribution in [2.75, 3.05) is 19.6 Å². The van der Waals surface area contributed by atoms with Crippen molar-refractivity contribution >= 4 is 23.1 Å². The van der Waals surface area contributed by atoms with E-state index >= 15 is 0 Å². The van der Waals surface area contributed by atoms with E-state index in [-0.39, 0.29) is 23.8 Å². The number of nitrogens with zero attached hydrogens (tertiary/aromatic N) is 4. The largest absolute Gasteiger partial charge is 0.343 e. The van der Waals surface area contributed by atoms with Crippen molar-refractivity contribution in [1.82, 2.24) is 20.0 Å². The molecule has 1 atom stereocenters. The van der Waals surface area contributed by atoms with Crippen LogP contribution in [-0.2, 0) is 0 Å². The van der Waals surface area contributed by atoms with Gasteiger partial charge in [-0.1, -0.05) is 31.4 Å². The molecule has 1 saturated carbocycles. The zero-order chi connectivity index (χ0) is 22.6. The van der Waals surface area contributed by atoms with Gasteiger partial charge in [0.05, 0.1) is 12.3 Å². The summed E-state index contributed by atoms with van der Waals surface area (Å²) < 4.78 is 1.40. The highest BCUT2D eigenvalue weighted by Crippen LogP contribution is 2.23. The van der Waals surface area contributed by atoms with Crippen LogP contribution in [0.25, 0.3) is 5.65 Å². The van der Waals surface area contributed by atoms with E-state index in [0.29, 0.717) is 11.5 Å². The number of nitrogens with one attached hydrogen (secondary N) is 2. The molecule has 1 aliphatic heterocycles. The Morgan fingerprint density at radius 3 is 2.88 bits per heavy atom. The number of amidine groups is 1. The van der Waals surface area contributed by atoms with Crippen LogP contribution < -0.4 is 16.2 Å². The molecule has 2 aliphatic carbocycles. The molecular formula is C25H28N6O2. The predicted octanol–water partition coefficient (Wildman–Crippen LogP) is 2.31. The highest BCUT2D eigenvalue weighted by atomic mass is 16.2. The molecule has 0 aromatic carbocycles. The standard InChI is InChI=1S/C25H28N6O2/c32-24-13-21(30-23-8-4-5-11-31(23)24)25(33)27-16-22-28-19-10-9-18(12-20(19)29-22)15-26-14-17-6-2-1-3-7-17/h4-5,8-13,17,20,26H,1-3,6-7,14-16H2,(H,27,33). The Morgan fingerprint density at radius 1 is 1.12 bits per heavy atom. The van der Waals surface area contributed by atoms with Crippen molar-refractivity contribution in [2.24, 2.45) is 15.9 Å². The SMILES string of the molecule is O=C(NCC1=NC2C=C(CNCC3CCCCC3)C=CC2=N1)c1cc(=O)n2ccccc2n1. The average molecular weight is 445 g/mol. The monoisotopic (exact) mass is 444 g/mol. The zero-order valence-electron chi connectivity index (χ0n) is 18.5. The number of hydrogen-bond acceptors (Lipinski definition) is 6. The normalized spacial score (nSPS) is 20.2. The van der Waals surface area contributed by atoms with Gasteiger partial charge in [-0.2, -0.15) is 0 Å². The molecule has 2 aromatic heterocycles. The van der Waals surface area contributed by atoms with Gasteiger partial charge in [-0.25, -0.2) is 9.98 Å². The molecule has 33 heavy (non-hydrogen) atoms. The summed E-state index contributed by atoms with van der Waals surface area (Å²) in [5.74, 6) is 0.949. The van der Waals surface area contributed by atoms with Gasteiger partial charge in [-0.3, -0.25) is 19.0 Å². The molecule has 1 fully saturated rings. The summed E-state index contributed by atoms with van der Waals surface area (Å²) in [6.45, 7) is 2.09. The smallest absolute Gasteiger partial charge is 0.270 e. The molecular weight excluding hydrogens is 416 g/mol.